The highest BCUT2D eigenvalue weighted by atomic mass is 32.1. The molecule has 2 aromatic heterocycles. The zero-order chi connectivity index (χ0) is 19.8. The first kappa shape index (κ1) is 17.8. The Labute approximate surface area is 162 Å². The molecule has 0 spiro atoms. The first-order valence-electron chi connectivity index (χ1n) is 8.39. The van der Waals surface area contributed by atoms with Crippen molar-refractivity contribution in [2.24, 2.45) is 5.73 Å². The van der Waals surface area contributed by atoms with E-state index in [0.29, 0.717) is 11.1 Å². The summed E-state index contributed by atoms with van der Waals surface area (Å²) in [5.74, 6) is -1.21. The first-order valence-corrected chi connectivity index (χ1v) is 9.21. The third kappa shape index (κ3) is 3.23. The molecule has 0 radical (unpaired) electrons. The molecule has 0 unspecified atom stereocenters. The predicted molar refractivity (Wildman–Crippen MR) is 108 cm³/mol. The molecule has 9 heteroatoms. The average molecular weight is 393 g/mol. The number of carbonyl (C=O) groups excluding carboxylic acids is 2. The van der Waals surface area contributed by atoms with Gasteiger partial charge in [-0.25, -0.2) is 9.67 Å². The highest BCUT2D eigenvalue weighted by molar-refractivity contribution is 7.18. The number of rotatable bonds is 4. The van der Waals surface area contributed by atoms with Gasteiger partial charge in [0.25, 0.3) is 11.5 Å². The van der Waals surface area contributed by atoms with Gasteiger partial charge >= 0.3 is 0 Å². The van der Waals surface area contributed by atoms with E-state index >= 15 is 0 Å². The number of aryl methyl sites for hydroxylation is 1. The van der Waals surface area contributed by atoms with Crippen molar-refractivity contribution < 1.29 is 9.59 Å². The lowest BCUT2D eigenvalue weighted by molar-refractivity contribution is -0.117. The summed E-state index contributed by atoms with van der Waals surface area (Å²) in [4.78, 5) is 41.2. The van der Waals surface area contributed by atoms with Crippen molar-refractivity contribution in [1.82, 2.24) is 14.8 Å². The van der Waals surface area contributed by atoms with Crippen molar-refractivity contribution in [2.75, 3.05) is 5.32 Å². The van der Waals surface area contributed by atoms with Gasteiger partial charge in [0.1, 0.15) is 6.54 Å². The van der Waals surface area contributed by atoms with Crippen molar-refractivity contribution in [2.45, 2.75) is 13.5 Å². The summed E-state index contributed by atoms with van der Waals surface area (Å²) in [6.07, 6.45) is 0. The molecular formula is C19H15N5O3S. The SMILES string of the molecule is Cc1nc2ccc(NC(=O)Cn3nc(C(N)=O)c4ccccc4c3=O)cc2s1. The van der Waals surface area contributed by atoms with Crippen LogP contribution in [-0.4, -0.2) is 26.6 Å². The minimum atomic E-state index is -0.767. The van der Waals surface area contributed by atoms with Crippen molar-refractivity contribution in [1.29, 1.82) is 0 Å². The molecule has 2 aromatic carbocycles. The molecule has 0 aliphatic heterocycles. The Morgan fingerprint density at radius 1 is 1.18 bits per heavy atom. The molecule has 0 atom stereocenters. The summed E-state index contributed by atoms with van der Waals surface area (Å²) in [5, 5.41) is 8.31. The van der Waals surface area contributed by atoms with Crippen LogP contribution in [0.1, 0.15) is 15.5 Å². The van der Waals surface area contributed by atoms with Gasteiger partial charge in [0.2, 0.25) is 5.91 Å². The number of fused-ring (bicyclic) bond motifs is 2. The van der Waals surface area contributed by atoms with E-state index in [1.807, 2.05) is 19.1 Å². The van der Waals surface area contributed by atoms with Gasteiger partial charge in [0.15, 0.2) is 5.69 Å². The van der Waals surface area contributed by atoms with Gasteiger partial charge in [-0.05, 0) is 31.2 Å². The highest BCUT2D eigenvalue weighted by Crippen LogP contribution is 2.24. The number of hydrogen-bond donors (Lipinski definition) is 2. The van der Waals surface area contributed by atoms with Gasteiger partial charge in [-0.15, -0.1) is 11.3 Å². The second-order valence-corrected chi connectivity index (χ2v) is 7.42. The minimum Gasteiger partial charge on any atom is -0.364 e. The van der Waals surface area contributed by atoms with Crippen molar-refractivity contribution in [3.63, 3.8) is 0 Å². The number of aromatic nitrogens is 3. The molecule has 2 amide bonds. The maximum Gasteiger partial charge on any atom is 0.275 e. The lowest BCUT2D eigenvalue weighted by Crippen LogP contribution is -2.32. The number of hydrogen-bond acceptors (Lipinski definition) is 6. The number of carbonyl (C=O) groups is 2. The standard InChI is InChI=1S/C19H15N5O3S/c1-10-21-14-7-6-11(8-15(14)28-10)22-16(25)9-24-19(27)13-5-3-2-4-12(13)17(23-24)18(20)26/h2-8H,9H2,1H3,(H2,20,26)(H,22,25). The van der Waals surface area contributed by atoms with Gasteiger partial charge < -0.3 is 11.1 Å². The minimum absolute atomic E-state index is 0.0513. The number of nitrogens with zero attached hydrogens (tertiary/aromatic N) is 3. The maximum atomic E-state index is 12.6. The average Bonchev–Trinajstić information content (AvgIpc) is 3.03. The van der Waals surface area contributed by atoms with E-state index in [1.54, 1.807) is 30.3 Å². The third-order valence-corrected chi connectivity index (χ3v) is 5.11. The van der Waals surface area contributed by atoms with Crippen LogP contribution in [0.25, 0.3) is 21.0 Å². The van der Waals surface area contributed by atoms with Crippen LogP contribution in [0.3, 0.4) is 0 Å². The lowest BCUT2D eigenvalue weighted by atomic mass is 10.1. The van der Waals surface area contributed by atoms with Gasteiger partial charge in [0, 0.05) is 11.1 Å². The molecule has 0 fully saturated rings. The van der Waals surface area contributed by atoms with Crippen LogP contribution in [0.5, 0.6) is 0 Å². The van der Waals surface area contributed by atoms with E-state index < -0.39 is 17.4 Å². The van der Waals surface area contributed by atoms with Crippen LogP contribution < -0.4 is 16.6 Å². The van der Waals surface area contributed by atoms with Gasteiger partial charge in [-0.1, -0.05) is 18.2 Å². The van der Waals surface area contributed by atoms with Gasteiger partial charge in [0.05, 0.1) is 20.6 Å². The highest BCUT2D eigenvalue weighted by Gasteiger charge is 2.16. The van der Waals surface area contributed by atoms with Crippen LogP contribution in [0.2, 0.25) is 0 Å². The van der Waals surface area contributed by atoms with E-state index in [2.05, 4.69) is 15.4 Å². The van der Waals surface area contributed by atoms with E-state index in [9.17, 15) is 14.4 Å². The molecular weight excluding hydrogens is 378 g/mol. The number of anilines is 1. The molecule has 4 aromatic rings. The normalized spacial score (nSPS) is 11.0. The second-order valence-electron chi connectivity index (χ2n) is 6.18. The summed E-state index contributed by atoms with van der Waals surface area (Å²) in [6, 6.07) is 11.9. The number of nitrogens with two attached hydrogens (primary N) is 1. The number of benzene rings is 2. The van der Waals surface area contributed by atoms with Crippen molar-refractivity contribution in [3.05, 3.63) is 63.5 Å². The molecule has 3 N–H and O–H groups in total. The van der Waals surface area contributed by atoms with E-state index in [-0.39, 0.29) is 17.6 Å². The Kier molecular flexibility index (Phi) is 4.36. The molecule has 0 saturated heterocycles. The molecule has 0 aliphatic carbocycles. The zero-order valence-corrected chi connectivity index (χ0v) is 15.6. The fourth-order valence-corrected chi connectivity index (χ4v) is 3.84. The Balaban J connectivity index is 1.65. The Bertz CT molecular complexity index is 1310. The summed E-state index contributed by atoms with van der Waals surface area (Å²) in [7, 11) is 0. The molecule has 2 heterocycles. The quantitative estimate of drug-likeness (QED) is 0.550. The number of nitrogens with one attached hydrogen (secondary N) is 1. The summed E-state index contributed by atoms with van der Waals surface area (Å²) >= 11 is 1.53. The third-order valence-electron chi connectivity index (χ3n) is 4.17. The second kappa shape index (κ2) is 6.86. The Morgan fingerprint density at radius 2 is 1.93 bits per heavy atom. The van der Waals surface area contributed by atoms with Gasteiger partial charge in [-0.2, -0.15) is 5.10 Å². The van der Waals surface area contributed by atoms with E-state index in [0.717, 1.165) is 19.9 Å². The van der Waals surface area contributed by atoms with E-state index in [4.69, 9.17) is 5.73 Å². The summed E-state index contributed by atoms with van der Waals surface area (Å²) in [5.41, 5.74) is 6.31. The summed E-state index contributed by atoms with van der Waals surface area (Å²) < 4.78 is 1.90. The lowest BCUT2D eigenvalue weighted by Gasteiger charge is -2.10. The van der Waals surface area contributed by atoms with Crippen LogP contribution in [0.15, 0.2) is 47.3 Å². The topological polar surface area (TPSA) is 120 Å². The van der Waals surface area contributed by atoms with Crippen molar-refractivity contribution in [3.8, 4) is 0 Å². The van der Waals surface area contributed by atoms with Crippen LogP contribution >= 0.6 is 11.3 Å². The predicted octanol–water partition coefficient (Wildman–Crippen LogP) is 2.05. The number of thiazole rings is 1. The molecule has 0 bridgehead atoms. The Morgan fingerprint density at radius 3 is 2.68 bits per heavy atom. The first-order chi connectivity index (χ1) is 13.4. The van der Waals surface area contributed by atoms with E-state index in [1.165, 1.54) is 11.3 Å². The molecule has 28 heavy (non-hydrogen) atoms. The largest absolute Gasteiger partial charge is 0.364 e. The molecule has 4 rings (SSSR count). The molecule has 140 valence electrons. The maximum absolute atomic E-state index is 12.6. The molecule has 0 aliphatic rings. The zero-order valence-electron chi connectivity index (χ0n) is 14.8. The molecule has 0 saturated carbocycles. The molecule has 8 nitrogen and oxygen atoms in total. The monoisotopic (exact) mass is 393 g/mol. The van der Waals surface area contributed by atoms with Crippen molar-refractivity contribution >= 4 is 49.8 Å². The van der Waals surface area contributed by atoms with Crippen LogP contribution in [0.4, 0.5) is 5.69 Å². The fraction of sp³-hybridized carbons (Fsp3) is 0.105. The van der Waals surface area contributed by atoms with Gasteiger partial charge in [-0.3, -0.25) is 14.4 Å². The van der Waals surface area contributed by atoms with Crippen LogP contribution in [0, 0.1) is 6.92 Å². The van der Waals surface area contributed by atoms with Crippen LogP contribution in [-0.2, 0) is 11.3 Å². The fourth-order valence-electron chi connectivity index (χ4n) is 2.98. The Hall–Kier alpha value is -3.59. The summed E-state index contributed by atoms with van der Waals surface area (Å²) in [6.45, 7) is 1.57. The number of amides is 2. The smallest absolute Gasteiger partial charge is 0.275 e. The number of primary amides is 1.